The third kappa shape index (κ3) is 4.05. The number of carboxylic acids is 1. The highest BCUT2D eigenvalue weighted by molar-refractivity contribution is 7.17. The fourth-order valence-corrected chi connectivity index (χ4v) is 4.84. The lowest BCUT2D eigenvalue weighted by Gasteiger charge is -2.09. The Hall–Kier alpha value is -3.39. The zero-order valence-electron chi connectivity index (χ0n) is 18.6. The van der Waals surface area contributed by atoms with Crippen LogP contribution >= 0.6 is 11.3 Å². The Morgan fingerprint density at radius 2 is 2.06 bits per heavy atom. The van der Waals surface area contributed by atoms with Gasteiger partial charge in [-0.1, -0.05) is 18.2 Å². The summed E-state index contributed by atoms with van der Waals surface area (Å²) in [6.07, 6.45) is 2.34. The van der Waals surface area contributed by atoms with Crippen molar-refractivity contribution < 1.29 is 14.6 Å². The first-order valence-electron chi connectivity index (χ1n) is 10.5. The van der Waals surface area contributed by atoms with E-state index in [0.29, 0.717) is 30.4 Å². The third-order valence-corrected chi connectivity index (χ3v) is 6.84. The predicted octanol–water partition coefficient (Wildman–Crippen LogP) is 5.07. The van der Waals surface area contributed by atoms with E-state index in [4.69, 9.17) is 4.74 Å². The molecule has 0 bridgehead atoms. The van der Waals surface area contributed by atoms with E-state index < -0.39 is 5.97 Å². The number of ether oxygens (including phenoxy) is 1. The first-order valence-corrected chi connectivity index (χ1v) is 11.3. The summed E-state index contributed by atoms with van der Waals surface area (Å²) in [5.74, 6) is 0.0662. The summed E-state index contributed by atoms with van der Waals surface area (Å²) < 4.78 is 7.73. The number of nitrogens with zero attached hydrogens (tertiary/aromatic N) is 3. The van der Waals surface area contributed by atoms with Crippen LogP contribution in [0.5, 0.6) is 5.75 Å². The quantitative estimate of drug-likeness (QED) is 0.390. The van der Waals surface area contributed by atoms with Gasteiger partial charge in [-0.25, -0.2) is 14.8 Å². The Morgan fingerprint density at radius 1 is 1.25 bits per heavy atom. The van der Waals surface area contributed by atoms with E-state index in [1.165, 1.54) is 34.1 Å². The first-order chi connectivity index (χ1) is 15.4. The summed E-state index contributed by atoms with van der Waals surface area (Å²) in [7, 11) is 2.11. The molecule has 0 saturated heterocycles. The number of anilines is 1. The Bertz CT molecular complexity index is 1290. The van der Waals surface area contributed by atoms with Crippen molar-refractivity contribution in [3.8, 4) is 16.3 Å². The number of aromatic nitrogens is 3. The topological polar surface area (TPSA) is 89.3 Å². The molecule has 4 aromatic rings. The normalized spacial score (nSPS) is 11.1. The van der Waals surface area contributed by atoms with Crippen LogP contribution in [0.2, 0.25) is 0 Å². The minimum Gasteiger partial charge on any atom is -0.492 e. The monoisotopic (exact) mass is 450 g/mol. The number of thiophene rings is 1. The molecule has 0 unspecified atom stereocenters. The van der Waals surface area contributed by atoms with Crippen molar-refractivity contribution in [2.24, 2.45) is 7.05 Å². The largest absolute Gasteiger partial charge is 0.492 e. The van der Waals surface area contributed by atoms with Crippen LogP contribution in [0.3, 0.4) is 0 Å². The van der Waals surface area contributed by atoms with Crippen LogP contribution in [0.1, 0.15) is 33.4 Å². The zero-order valence-corrected chi connectivity index (χ0v) is 19.4. The second-order valence-electron chi connectivity index (χ2n) is 7.59. The number of aromatic carboxylic acids is 1. The van der Waals surface area contributed by atoms with Crippen molar-refractivity contribution in [1.82, 2.24) is 14.5 Å². The zero-order chi connectivity index (χ0) is 22.8. The fourth-order valence-electron chi connectivity index (χ4n) is 3.93. The van der Waals surface area contributed by atoms with Crippen molar-refractivity contribution in [1.29, 1.82) is 0 Å². The molecule has 3 aromatic heterocycles. The molecule has 8 heteroatoms. The van der Waals surface area contributed by atoms with Crippen molar-refractivity contribution >= 4 is 34.0 Å². The van der Waals surface area contributed by atoms with Crippen molar-refractivity contribution in [3.63, 3.8) is 0 Å². The molecule has 0 amide bonds. The highest BCUT2D eigenvalue weighted by Gasteiger charge is 2.18. The maximum atomic E-state index is 11.5. The van der Waals surface area contributed by atoms with Crippen LogP contribution in [0, 0.1) is 13.8 Å². The van der Waals surface area contributed by atoms with Gasteiger partial charge in [0, 0.05) is 36.8 Å². The number of para-hydroxylation sites is 1. The van der Waals surface area contributed by atoms with E-state index in [0.717, 1.165) is 22.6 Å². The van der Waals surface area contributed by atoms with Gasteiger partial charge >= 0.3 is 5.97 Å². The van der Waals surface area contributed by atoms with E-state index in [2.05, 4.69) is 58.9 Å². The van der Waals surface area contributed by atoms with Crippen molar-refractivity contribution in [2.45, 2.75) is 27.2 Å². The van der Waals surface area contributed by atoms with Crippen LogP contribution in [0.15, 0.2) is 36.7 Å². The van der Waals surface area contributed by atoms with Crippen LogP contribution in [-0.4, -0.2) is 38.8 Å². The van der Waals surface area contributed by atoms with E-state index in [-0.39, 0.29) is 4.88 Å². The van der Waals surface area contributed by atoms with Gasteiger partial charge in [0.05, 0.1) is 22.7 Å². The minimum atomic E-state index is -1.00. The first kappa shape index (κ1) is 21.8. The Morgan fingerprint density at radius 3 is 2.81 bits per heavy atom. The summed E-state index contributed by atoms with van der Waals surface area (Å²) >= 11 is 1.15. The number of aryl methyl sites for hydroxylation is 2. The van der Waals surface area contributed by atoms with Gasteiger partial charge in [0.2, 0.25) is 0 Å². The van der Waals surface area contributed by atoms with Gasteiger partial charge in [-0.2, -0.15) is 0 Å². The van der Waals surface area contributed by atoms with E-state index in [1.54, 1.807) is 6.07 Å². The molecule has 4 rings (SSSR count). The highest BCUT2D eigenvalue weighted by atomic mass is 32.1. The molecule has 0 aliphatic rings. The van der Waals surface area contributed by atoms with Crippen molar-refractivity contribution in [2.75, 3.05) is 18.5 Å². The van der Waals surface area contributed by atoms with E-state index >= 15 is 0 Å². The van der Waals surface area contributed by atoms with Gasteiger partial charge in [-0.15, -0.1) is 11.3 Å². The van der Waals surface area contributed by atoms with Crippen LogP contribution in [-0.2, 0) is 13.5 Å². The lowest BCUT2D eigenvalue weighted by molar-refractivity contribution is 0.0698. The fraction of sp³-hybridized carbons (Fsp3) is 0.292. The minimum absolute atomic E-state index is 0.177. The second kappa shape index (κ2) is 9.00. The van der Waals surface area contributed by atoms with Gasteiger partial charge in [-0.3, -0.25) is 0 Å². The Kier molecular flexibility index (Phi) is 6.14. The molecule has 2 N–H and O–H groups in total. The van der Waals surface area contributed by atoms with Crippen LogP contribution in [0.4, 0.5) is 5.82 Å². The predicted molar refractivity (Wildman–Crippen MR) is 128 cm³/mol. The number of benzene rings is 1. The molecule has 0 aliphatic carbocycles. The summed E-state index contributed by atoms with van der Waals surface area (Å²) in [6, 6.07) is 10.0. The number of fused-ring (bicyclic) bond motifs is 1. The molecule has 166 valence electrons. The second-order valence-corrected chi connectivity index (χ2v) is 8.64. The number of carboxylic acid groups (broad SMARTS) is 1. The molecular weight excluding hydrogens is 424 g/mol. The summed E-state index contributed by atoms with van der Waals surface area (Å²) in [5.41, 5.74) is 5.83. The van der Waals surface area contributed by atoms with E-state index in [1.807, 2.05) is 13.0 Å². The Balaban J connectivity index is 1.51. The van der Waals surface area contributed by atoms with Gasteiger partial charge in [0.1, 0.15) is 17.9 Å². The summed E-state index contributed by atoms with van der Waals surface area (Å²) in [4.78, 5) is 21.1. The molecule has 0 saturated carbocycles. The molecule has 3 heterocycles. The molecule has 1 aromatic carbocycles. The van der Waals surface area contributed by atoms with Gasteiger partial charge < -0.3 is 19.7 Å². The summed E-state index contributed by atoms with van der Waals surface area (Å²) in [5, 5.41) is 14.1. The van der Waals surface area contributed by atoms with Gasteiger partial charge in [0.15, 0.2) is 4.88 Å². The lowest BCUT2D eigenvalue weighted by Crippen LogP contribution is -2.07. The lowest BCUT2D eigenvalue weighted by atomic mass is 10.1. The maximum absolute atomic E-state index is 11.5. The van der Waals surface area contributed by atoms with Gasteiger partial charge in [0.25, 0.3) is 0 Å². The summed E-state index contributed by atoms with van der Waals surface area (Å²) in [6.45, 7) is 7.26. The van der Waals surface area contributed by atoms with Gasteiger partial charge in [-0.05, 0) is 38.3 Å². The molecule has 0 atom stereocenters. The number of hydrogen-bond acceptors (Lipinski definition) is 6. The maximum Gasteiger partial charge on any atom is 0.349 e. The van der Waals surface area contributed by atoms with E-state index in [9.17, 15) is 9.90 Å². The van der Waals surface area contributed by atoms with Crippen LogP contribution < -0.4 is 10.1 Å². The highest BCUT2D eigenvalue weighted by Crippen LogP contribution is 2.36. The standard InChI is InChI=1S/C24H26N4O3S/c1-5-31-19-12-20(32-23(19)24(29)30)18-11-21(27-13-26-18)25-10-9-16-7-6-8-17-14(2)15(3)28(4)22(16)17/h6-8,11-13H,5,9-10H2,1-4H3,(H,29,30)(H,25,26,27). The smallest absolute Gasteiger partial charge is 0.349 e. The molecule has 0 aliphatic heterocycles. The molecular formula is C24H26N4O3S. The number of nitrogens with one attached hydrogen (secondary N) is 1. The average Bonchev–Trinajstić information content (AvgIpc) is 3.31. The molecule has 0 radical (unpaired) electrons. The third-order valence-electron chi connectivity index (χ3n) is 5.72. The molecule has 0 fully saturated rings. The Labute approximate surface area is 190 Å². The number of hydrogen-bond donors (Lipinski definition) is 2. The molecule has 0 spiro atoms. The SMILES string of the molecule is CCOc1cc(-c2cc(NCCc3cccc4c(C)c(C)n(C)c34)ncn2)sc1C(=O)O. The molecule has 32 heavy (non-hydrogen) atoms. The van der Waals surface area contributed by atoms with Crippen molar-refractivity contribution in [3.05, 3.63) is 58.4 Å². The van der Waals surface area contributed by atoms with Crippen LogP contribution in [0.25, 0.3) is 21.5 Å². The number of carbonyl (C=O) groups is 1. The average molecular weight is 451 g/mol. The molecule has 7 nitrogen and oxygen atoms in total. The number of rotatable bonds is 8.